The van der Waals surface area contributed by atoms with E-state index in [4.69, 9.17) is 37.2 Å². The number of aliphatic hydroxyl groups excluding tert-OH is 1. The van der Waals surface area contributed by atoms with Crippen LogP contribution in [0.15, 0.2) is 30.6 Å². The average Bonchev–Trinajstić information content (AvgIpc) is 3.13. The van der Waals surface area contributed by atoms with Crippen LogP contribution in [0.3, 0.4) is 0 Å². The highest BCUT2D eigenvalue weighted by molar-refractivity contribution is 7.85. The molecule has 1 aliphatic rings. The molecule has 0 aliphatic carbocycles. The van der Waals surface area contributed by atoms with Crippen LogP contribution in [-0.4, -0.2) is 53.2 Å². The van der Waals surface area contributed by atoms with E-state index in [1.807, 2.05) is 17.7 Å². The first-order valence-electron chi connectivity index (χ1n) is 7.82. The summed E-state index contributed by atoms with van der Waals surface area (Å²) < 4.78 is 39.7. The van der Waals surface area contributed by atoms with E-state index in [1.165, 1.54) is 0 Å². The lowest BCUT2D eigenvalue weighted by molar-refractivity contribution is -0.190. The Labute approximate surface area is 167 Å². The quantitative estimate of drug-likeness (QED) is 0.703. The van der Waals surface area contributed by atoms with Gasteiger partial charge in [-0.05, 0) is 19.1 Å². The highest BCUT2D eigenvalue weighted by Crippen LogP contribution is 2.40. The number of ether oxygens (including phenoxy) is 2. The molecular formula is C16H20Cl2N2O6S. The van der Waals surface area contributed by atoms with Crippen molar-refractivity contribution >= 4 is 33.3 Å². The molecule has 0 bridgehead atoms. The van der Waals surface area contributed by atoms with E-state index in [2.05, 4.69) is 4.98 Å². The van der Waals surface area contributed by atoms with Gasteiger partial charge in [0, 0.05) is 23.0 Å². The van der Waals surface area contributed by atoms with Gasteiger partial charge >= 0.3 is 0 Å². The molecule has 2 heterocycles. The van der Waals surface area contributed by atoms with Gasteiger partial charge in [-0.3, -0.25) is 4.55 Å². The van der Waals surface area contributed by atoms with Crippen molar-refractivity contribution in [3.05, 3.63) is 52.0 Å². The molecule has 27 heavy (non-hydrogen) atoms. The second-order valence-electron chi connectivity index (χ2n) is 5.95. The van der Waals surface area contributed by atoms with Crippen molar-refractivity contribution in [3.63, 3.8) is 0 Å². The summed E-state index contributed by atoms with van der Waals surface area (Å²) in [6, 6.07) is 5.18. The lowest BCUT2D eigenvalue weighted by Crippen LogP contribution is -2.34. The maximum atomic E-state index is 9.36. The van der Waals surface area contributed by atoms with Gasteiger partial charge in [-0.25, -0.2) is 4.98 Å². The van der Waals surface area contributed by atoms with Gasteiger partial charge in [0.2, 0.25) is 5.79 Å². The molecule has 11 heteroatoms. The summed E-state index contributed by atoms with van der Waals surface area (Å²) in [4.78, 5) is 4.21. The summed E-state index contributed by atoms with van der Waals surface area (Å²) in [5.41, 5.74) is 0.683. The Morgan fingerprint density at radius 3 is 2.56 bits per heavy atom. The third-order valence-corrected chi connectivity index (χ3v) is 4.25. The number of hydrogen-bond donors (Lipinski definition) is 2. The van der Waals surface area contributed by atoms with Crippen molar-refractivity contribution in [1.29, 1.82) is 0 Å². The van der Waals surface area contributed by atoms with Crippen LogP contribution in [0.5, 0.6) is 0 Å². The molecule has 0 radical (unpaired) electrons. The minimum atomic E-state index is -3.67. The monoisotopic (exact) mass is 438 g/mol. The topological polar surface area (TPSA) is 111 Å². The van der Waals surface area contributed by atoms with Crippen molar-refractivity contribution in [2.45, 2.75) is 25.4 Å². The molecule has 1 aromatic heterocycles. The normalized spacial score (nSPS) is 22.4. The van der Waals surface area contributed by atoms with Crippen molar-refractivity contribution in [3.8, 4) is 0 Å². The van der Waals surface area contributed by atoms with Gasteiger partial charge < -0.3 is 19.1 Å². The SMILES string of the molecule is CS(=O)(=O)O.Cc1nccn1CC1(c2ccc(Cl)cc2Cl)OCC(CO)O1. The summed E-state index contributed by atoms with van der Waals surface area (Å²) >= 11 is 12.3. The van der Waals surface area contributed by atoms with Gasteiger partial charge in [0.25, 0.3) is 10.1 Å². The Balaban J connectivity index is 0.000000465. The predicted molar refractivity (Wildman–Crippen MR) is 100 cm³/mol. The van der Waals surface area contributed by atoms with Gasteiger partial charge in [0.15, 0.2) is 0 Å². The zero-order chi connectivity index (χ0) is 20.2. The molecule has 2 atom stereocenters. The standard InChI is InChI=1S/C15H16Cl2N2O3.CH4O3S/c1-10-18-4-5-19(10)9-15(21-8-12(7-20)22-15)13-3-2-11(16)6-14(13)17;1-5(2,3)4/h2-6,12,20H,7-9H2,1H3;1H3,(H,2,3,4). The summed E-state index contributed by atoms with van der Waals surface area (Å²) in [7, 11) is -3.67. The van der Waals surface area contributed by atoms with Crippen LogP contribution in [-0.2, 0) is 31.9 Å². The third-order valence-electron chi connectivity index (χ3n) is 3.71. The Morgan fingerprint density at radius 1 is 1.41 bits per heavy atom. The fourth-order valence-electron chi connectivity index (χ4n) is 2.56. The molecule has 8 nitrogen and oxygen atoms in total. The van der Waals surface area contributed by atoms with E-state index in [1.54, 1.807) is 24.4 Å². The maximum absolute atomic E-state index is 9.36. The van der Waals surface area contributed by atoms with E-state index in [9.17, 15) is 13.5 Å². The lowest BCUT2D eigenvalue weighted by Gasteiger charge is -2.30. The van der Waals surface area contributed by atoms with Crippen LogP contribution in [0.25, 0.3) is 0 Å². The second-order valence-corrected chi connectivity index (χ2v) is 8.26. The Kier molecular flexibility index (Phi) is 7.26. The van der Waals surface area contributed by atoms with E-state index in [-0.39, 0.29) is 6.61 Å². The molecule has 3 rings (SSSR count). The summed E-state index contributed by atoms with van der Waals surface area (Å²) in [5, 5.41) is 10.4. The molecule has 2 unspecified atom stereocenters. The average molecular weight is 439 g/mol. The van der Waals surface area contributed by atoms with Gasteiger partial charge in [-0.15, -0.1) is 0 Å². The molecule has 0 saturated carbocycles. The molecule has 2 aromatic rings. The minimum absolute atomic E-state index is 0.115. The number of aliphatic hydroxyl groups is 1. The largest absolute Gasteiger partial charge is 0.394 e. The zero-order valence-electron chi connectivity index (χ0n) is 14.7. The first kappa shape index (κ1) is 22.1. The van der Waals surface area contributed by atoms with Crippen molar-refractivity contribution in [2.75, 3.05) is 19.5 Å². The van der Waals surface area contributed by atoms with Gasteiger partial charge in [0.1, 0.15) is 11.9 Å². The smallest absolute Gasteiger partial charge is 0.261 e. The fraction of sp³-hybridized carbons (Fsp3) is 0.438. The van der Waals surface area contributed by atoms with Crippen molar-refractivity contribution in [2.24, 2.45) is 0 Å². The maximum Gasteiger partial charge on any atom is 0.261 e. The van der Waals surface area contributed by atoms with Crippen LogP contribution in [0.2, 0.25) is 10.0 Å². The molecule has 1 fully saturated rings. The Bertz CT molecular complexity index is 881. The molecule has 1 aromatic carbocycles. The number of aromatic nitrogens is 2. The van der Waals surface area contributed by atoms with Gasteiger partial charge in [-0.2, -0.15) is 8.42 Å². The number of aryl methyl sites for hydroxylation is 1. The first-order valence-corrected chi connectivity index (χ1v) is 10.4. The lowest BCUT2D eigenvalue weighted by atomic mass is 10.1. The van der Waals surface area contributed by atoms with Crippen LogP contribution < -0.4 is 0 Å². The van der Waals surface area contributed by atoms with Crippen molar-refractivity contribution in [1.82, 2.24) is 9.55 Å². The van der Waals surface area contributed by atoms with E-state index in [0.717, 1.165) is 5.82 Å². The number of rotatable bonds is 4. The summed E-state index contributed by atoms with van der Waals surface area (Å²) in [6.45, 7) is 2.46. The molecule has 2 N–H and O–H groups in total. The second kappa shape index (κ2) is 8.87. The van der Waals surface area contributed by atoms with E-state index >= 15 is 0 Å². The zero-order valence-corrected chi connectivity index (χ0v) is 17.0. The minimum Gasteiger partial charge on any atom is -0.394 e. The fourth-order valence-corrected chi connectivity index (χ4v) is 3.11. The summed E-state index contributed by atoms with van der Waals surface area (Å²) in [6.07, 6.45) is 3.88. The van der Waals surface area contributed by atoms with E-state index in [0.29, 0.717) is 35.0 Å². The highest BCUT2D eigenvalue weighted by atomic mass is 35.5. The molecule has 1 saturated heterocycles. The first-order chi connectivity index (χ1) is 12.5. The number of nitrogens with zero attached hydrogens (tertiary/aromatic N) is 2. The Hall–Kier alpha value is -1.20. The predicted octanol–water partition coefficient (Wildman–Crippen LogP) is 2.26. The molecule has 150 valence electrons. The van der Waals surface area contributed by atoms with Crippen LogP contribution in [0.4, 0.5) is 0 Å². The van der Waals surface area contributed by atoms with E-state index < -0.39 is 22.0 Å². The molecule has 1 aliphatic heterocycles. The van der Waals surface area contributed by atoms with Crippen LogP contribution in [0, 0.1) is 6.92 Å². The molecular weight excluding hydrogens is 419 g/mol. The third kappa shape index (κ3) is 6.15. The number of benzene rings is 1. The Morgan fingerprint density at radius 2 is 2.07 bits per heavy atom. The summed E-state index contributed by atoms with van der Waals surface area (Å²) in [5.74, 6) is -0.232. The number of imidazole rings is 1. The number of hydrogen-bond acceptors (Lipinski definition) is 6. The molecule has 0 spiro atoms. The van der Waals surface area contributed by atoms with Gasteiger partial charge in [0.05, 0.1) is 31.0 Å². The van der Waals surface area contributed by atoms with Crippen molar-refractivity contribution < 1.29 is 27.6 Å². The number of halogens is 2. The van der Waals surface area contributed by atoms with Crippen LogP contribution >= 0.6 is 23.2 Å². The highest BCUT2D eigenvalue weighted by Gasteiger charge is 2.45. The molecule has 0 amide bonds. The van der Waals surface area contributed by atoms with Crippen LogP contribution in [0.1, 0.15) is 11.4 Å². The van der Waals surface area contributed by atoms with Gasteiger partial charge in [-0.1, -0.05) is 29.3 Å².